The molecule has 14 nitrogen and oxygen atoms in total. The molecule has 0 amide bonds. The molecule has 0 bridgehead atoms. The van der Waals surface area contributed by atoms with Crippen LogP contribution >= 0.6 is 30.4 Å². The monoisotopic (exact) mass is 416 g/mol. The third-order valence-corrected chi connectivity index (χ3v) is 0. The van der Waals surface area contributed by atoms with Crippen LogP contribution in [0.25, 0.3) is 0 Å². The molecule has 0 saturated carbocycles. The minimum absolute atomic E-state index is 0.854. The van der Waals surface area contributed by atoms with E-state index in [-0.39, 0.29) is 0 Å². The first-order valence-electron chi connectivity index (χ1n) is 4.45. The first-order chi connectivity index (χ1) is 9.00. The van der Waals surface area contributed by atoms with Crippen LogP contribution in [0.4, 0.5) is 0 Å². The molecule has 0 aromatic carbocycles. The average Bonchev–Trinajstić information content (AvgIpc) is 1.92. The van der Waals surface area contributed by atoms with Gasteiger partial charge in [0.1, 0.15) is 0 Å². The molecule has 0 aromatic heterocycles. The van der Waals surface area contributed by atoms with E-state index in [1.807, 2.05) is 0 Å². The van der Waals surface area contributed by atoms with Crippen LogP contribution < -0.4 is 11.7 Å². The lowest BCUT2D eigenvalue weighted by molar-refractivity contribution is 0.379. The second-order valence-electron chi connectivity index (χ2n) is 3.34. The van der Waals surface area contributed by atoms with Gasteiger partial charge in [-0.25, -0.2) is 0 Å². The minimum atomic E-state index is -3.64. The van der Waals surface area contributed by atoms with Crippen molar-refractivity contribution in [3.05, 3.63) is 0 Å². The summed E-state index contributed by atoms with van der Waals surface area (Å²) in [4.78, 5) is 61.1. The normalized spacial score (nSPS) is 11.0. The van der Waals surface area contributed by atoms with Crippen LogP contribution in [0.2, 0.25) is 0 Å². The number of hydrazine groups is 1. The largest absolute Gasteiger partial charge is 0.325 e. The van der Waals surface area contributed by atoms with E-state index >= 15 is 0 Å². The molecule has 0 aliphatic carbocycles. The Kier molecular flexibility index (Phi) is 23.3. The topological polar surface area (TPSA) is 282 Å². The molecule has 0 spiro atoms. The van der Waals surface area contributed by atoms with Gasteiger partial charge in [-0.3, -0.25) is 29.9 Å². The van der Waals surface area contributed by atoms with Crippen molar-refractivity contribution in [2.75, 3.05) is 26.7 Å². The highest BCUT2D eigenvalue weighted by atomic mass is 31.2. The predicted octanol–water partition coefficient (Wildman–Crippen LogP) is -2.01. The van der Waals surface area contributed by atoms with Crippen molar-refractivity contribution in [2.24, 2.45) is 11.7 Å². The summed E-state index contributed by atoms with van der Waals surface area (Å²) in [6.07, 6.45) is 0. The Labute approximate surface area is 127 Å². The number of nitrogens with two attached hydrogens (primary N) is 2. The van der Waals surface area contributed by atoms with Crippen molar-refractivity contribution in [1.82, 2.24) is 0 Å². The molecule has 0 aliphatic heterocycles. The maximum Gasteiger partial charge on any atom is 0.322 e. The molecule has 0 rings (SSSR count). The van der Waals surface area contributed by atoms with E-state index < -0.39 is 30.4 Å². The molecule has 18 heteroatoms. The highest BCUT2D eigenvalue weighted by Gasteiger charge is 1.96. The Morgan fingerprint density at radius 3 is 0.455 bits per heavy atom. The van der Waals surface area contributed by atoms with Crippen molar-refractivity contribution in [1.29, 1.82) is 0 Å². The summed E-state index contributed by atoms with van der Waals surface area (Å²) in [5.74, 6) is 8.00. The molecule has 0 aromatic rings. The maximum atomic E-state index is 9.33. The summed E-state index contributed by atoms with van der Waals surface area (Å²) in [5.41, 5.74) is 0. The number of rotatable bonds is 0. The van der Waals surface area contributed by atoms with E-state index in [2.05, 4.69) is 11.7 Å². The second-order valence-corrected chi connectivity index (χ2v) is 10.0. The first-order valence-corrected chi connectivity index (χ1v) is 12.7. The third kappa shape index (κ3) is 28900. The molecular formula is C4H24N2O12P4. The van der Waals surface area contributed by atoms with E-state index in [0.717, 1.165) is 26.7 Å². The van der Waals surface area contributed by atoms with Gasteiger partial charge in [0, 0.05) is 26.7 Å². The fourth-order valence-corrected chi connectivity index (χ4v) is 0. The third-order valence-electron chi connectivity index (χ3n) is 0. The van der Waals surface area contributed by atoms with Gasteiger partial charge < -0.3 is 39.1 Å². The predicted molar refractivity (Wildman–Crippen MR) is 80.2 cm³/mol. The zero-order valence-corrected chi connectivity index (χ0v) is 15.7. The van der Waals surface area contributed by atoms with Crippen LogP contribution in [0.1, 0.15) is 0 Å². The molecule has 0 radical (unpaired) electrons. The highest BCUT2D eigenvalue weighted by molar-refractivity contribution is 7.51. The zero-order valence-electron chi connectivity index (χ0n) is 12.2. The van der Waals surface area contributed by atoms with E-state index in [9.17, 15) is 18.3 Å². The van der Waals surface area contributed by atoms with Crippen LogP contribution in [-0.4, -0.2) is 65.8 Å². The van der Waals surface area contributed by atoms with Crippen molar-refractivity contribution in [3.63, 3.8) is 0 Å². The summed E-state index contributed by atoms with van der Waals surface area (Å²) in [5, 5.41) is 0. The second kappa shape index (κ2) is 15.1. The van der Waals surface area contributed by atoms with Crippen LogP contribution in [-0.2, 0) is 18.3 Å². The smallest absolute Gasteiger partial charge is 0.322 e. The van der Waals surface area contributed by atoms with Gasteiger partial charge in [-0.2, -0.15) is 0 Å². The summed E-state index contributed by atoms with van der Waals surface area (Å²) < 4.78 is 37.3. The van der Waals surface area contributed by atoms with Crippen molar-refractivity contribution < 1.29 is 57.4 Å². The lowest BCUT2D eigenvalue weighted by Gasteiger charge is -1.84. The molecule has 0 atom stereocenters. The van der Waals surface area contributed by atoms with Crippen LogP contribution in [0.3, 0.4) is 0 Å². The molecule has 0 heterocycles. The van der Waals surface area contributed by atoms with E-state index in [0.29, 0.717) is 0 Å². The Hall–Kier alpha value is 0.520. The molecule has 22 heavy (non-hydrogen) atoms. The molecular weight excluding hydrogens is 392 g/mol. The molecule has 0 saturated heterocycles. The first kappa shape index (κ1) is 34.0. The van der Waals surface area contributed by atoms with Gasteiger partial charge in [-0.15, -0.1) is 0 Å². The molecule has 142 valence electrons. The highest BCUT2D eigenvalue weighted by Crippen LogP contribution is 2.27. The minimum Gasteiger partial charge on any atom is -0.325 e. The van der Waals surface area contributed by atoms with Gasteiger partial charge in [-0.1, -0.05) is 0 Å². The summed E-state index contributed by atoms with van der Waals surface area (Å²) in [6.45, 7) is 3.42. The zero-order chi connectivity index (χ0) is 20.0. The van der Waals surface area contributed by atoms with Gasteiger partial charge in [0.25, 0.3) is 0 Å². The quantitative estimate of drug-likeness (QED) is 0.116. The fraction of sp³-hybridized carbons (Fsp3) is 1.00. The number of hydrogen-bond acceptors (Lipinski definition) is 6. The van der Waals surface area contributed by atoms with E-state index in [1.165, 1.54) is 0 Å². The lowest BCUT2D eigenvalue weighted by atomic mass is 12.0. The molecule has 0 aliphatic rings. The summed E-state index contributed by atoms with van der Waals surface area (Å²) in [6, 6.07) is 0. The lowest BCUT2D eigenvalue weighted by Crippen LogP contribution is -2.02. The van der Waals surface area contributed by atoms with Crippen molar-refractivity contribution >= 4 is 30.4 Å². The Bertz CT molecular complexity index is 302. The Morgan fingerprint density at radius 1 is 0.455 bits per heavy atom. The van der Waals surface area contributed by atoms with E-state index in [4.69, 9.17) is 39.1 Å². The van der Waals surface area contributed by atoms with Crippen LogP contribution in [0.5, 0.6) is 0 Å². The summed E-state index contributed by atoms with van der Waals surface area (Å²) >= 11 is 0. The van der Waals surface area contributed by atoms with Gasteiger partial charge in [0.15, 0.2) is 0 Å². The Balaban J connectivity index is -0.0000000562. The maximum absolute atomic E-state index is 9.33. The standard InChI is InChI=1S/4CH5O3P.H4N2/c4*1-5(2,3)4;1-2/h4*1H3,(H2,2,3,4);1-2H2. The fourth-order valence-electron chi connectivity index (χ4n) is 0. The molecule has 0 fully saturated rings. The number of hydrogen-bond donors (Lipinski definition) is 10. The van der Waals surface area contributed by atoms with Crippen LogP contribution in [0.15, 0.2) is 0 Å². The molecule has 12 N–H and O–H groups in total. The SMILES string of the molecule is CP(=O)(O)O.CP(=O)(O)O.CP(=O)(O)O.CP(=O)(O)O.NN. The van der Waals surface area contributed by atoms with E-state index in [1.54, 1.807) is 0 Å². The van der Waals surface area contributed by atoms with Crippen LogP contribution in [0, 0.1) is 0 Å². The Morgan fingerprint density at radius 2 is 0.455 bits per heavy atom. The van der Waals surface area contributed by atoms with Gasteiger partial charge >= 0.3 is 30.4 Å². The van der Waals surface area contributed by atoms with Gasteiger partial charge in [-0.05, 0) is 0 Å². The van der Waals surface area contributed by atoms with Gasteiger partial charge in [0.05, 0.1) is 0 Å². The molecule has 0 unspecified atom stereocenters. The van der Waals surface area contributed by atoms with Crippen molar-refractivity contribution in [3.8, 4) is 0 Å². The summed E-state index contributed by atoms with van der Waals surface area (Å²) in [7, 11) is -14.6. The van der Waals surface area contributed by atoms with Gasteiger partial charge in [0.2, 0.25) is 0 Å². The van der Waals surface area contributed by atoms with Crippen molar-refractivity contribution in [2.45, 2.75) is 0 Å². The average molecular weight is 416 g/mol.